The van der Waals surface area contributed by atoms with E-state index in [1.165, 1.54) is 6.26 Å². The van der Waals surface area contributed by atoms with Crippen molar-refractivity contribution in [2.45, 2.75) is 26.4 Å². The van der Waals surface area contributed by atoms with Crippen molar-refractivity contribution in [3.63, 3.8) is 0 Å². The molecule has 2 amide bonds. The van der Waals surface area contributed by atoms with Crippen LogP contribution in [-0.2, 0) is 9.53 Å². The summed E-state index contributed by atoms with van der Waals surface area (Å²) in [6.07, 6.45) is 4.93. The average Bonchev–Trinajstić information content (AvgIpc) is 3.60. The average molecular weight is 627 g/mol. The zero-order valence-electron chi connectivity index (χ0n) is 26.2. The number of anilines is 2. The highest BCUT2D eigenvalue weighted by Gasteiger charge is 2.23. The molecule has 0 saturated carbocycles. The number of furan rings is 1. The summed E-state index contributed by atoms with van der Waals surface area (Å²) in [5.74, 6) is 0.661. The summed E-state index contributed by atoms with van der Waals surface area (Å²) in [5, 5.41) is 5.76. The molecule has 0 atom stereocenters. The van der Waals surface area contributed by atoms with E-state index in [1.807, 2.05) is 29.2 Å². The lowest BCUT2D eigenvalue weighted by Gasteiger charge is -2.34. The standard InChI is InChI=1S/C34H38N6O6/c1-34(2,3)46-30(41)23-35-31(42)25-8-6-24(7-9-25)26-21-36-33(37-22-26)38-27-10-12-28(13-11-27)44-20-18-39-14-16-40(17-15-39)32(43)29-5-4-19-45-29/h4-13,19,21-22H,14-18,20,23H2,1-3H3,(H,35,42)(H,36,37,38). The Morgan fingerprint density at radius 1 is 0.891 bits per heavy atom. The van der Waals surface area contributed by atoms with Crippen LogP contribution in [0.1, 0.15) is 41.7 Å². The van der Waals surface area contributed by atoms with Gasteiger partial charge in [0.05, 0.1) is 6.26 Å². The van der Waals surface area contributed by atoms with Gasteiger partial charge in [-0.05, 0) is 74.9 Å². The summed E-state index contributed by atoms with van der Waals surface area (Å²) in [7, 11) is 0. The topological polar surface area (TPSA) is 139 Å². The maximum atomic E-state index is 12.4. The van der Waals surface area contributed by atoms with Gasteiger partial charge in [0.25, 0.3) is 11.8 Å². The Kier molecular flexibility index (Phi) is 10.3. The Morgan fingerprint density at radius 3 is 2.22 bits per heavy atom. The highest BCUT2D eigenvalue weighted by molar-refractivity contribution is 5.96. The molecule has 1 aliphatic rings. The molecule has 0 spiro atoms. The van der Waals surface area contributed by atoms with Crippen molar-refractivity contribution < 1.29 is 28.3 Å². The van der Waals surface area contributed by atoms with Gasteiger partial charge in [0.1, 0.15) is 24.5 Å². The van der Waals surface area contributed by atoms with Crippen LogP contribution in [0, 0.1) is 0 Å². The molecule has 2 aromatic heterocycles. The second-order valence-electron chi connectivity index (χ2n) is 11.8. The van der Waals surface area contributed by atoms with Crippen LogP contribution in [-0.4, -0.2) is 89.0 Å². The Bertz CT molecular complexity index is 1590. The predicted octanol–water partition coefficient (Wildman–Crippen LogP) is 4.39. The van der Waals surface area contributed by atoms with Crippen molar-refractivity contribution >= 4 is 29.4 Å². The van der Waals surface area contributed by atoms with Gasteiger partial charge in [-0.2, -0.15) is 0 Å². The quantitative estimate of drug-likeness (QED) is 0.231. The van der Waals surface area contributed by atoms with Gasteiger partial charge < -0.3 is 29.4 Å². The summed E-state index contributed by atoms with van der Waals surface area (Å²) in [4.78, 5) is 49.6. The van der Waals surface area contributed by atoms with Crippen molar-refractivity contribution in [2.75, 3.05) is 51.2 Å². The number of esters is 1. The third-order valence-electron chi connectivity index (χ3n) is 7.12. The van der Waals surface area contributed by atoms with Crippen molar-refractivity contribution in [1.29, 1.82) is 0 Å². The molecule has 4 aromatic rings. The summed E-state index contributed by atoms with van der Waals surface area (Å²) in [6.45, 7) is 9.33. The molecule has 1 aliphatic heterocycles. The van der Waals surface area contributed by atoms with Crippen molar-refractivity contribution in [3.8, 4) is 16.9 Å². The zero-order chi connectivity index (χ0) is 32.5. The third kappa shape index (κ3) is 9.14. The molecule has 1 fully saturated rings. The van der Waals surface area contributed by atoms with E-state index in [9.17, 15) is 14.4 Å². The number of rotatable bonds is 11. The van der Waals surface area contributed by atoms with Gasteiger partial charge in [0.15, 0.2) is 5.76 Å². The zero-order valence-corrected chi connectivity index (χ0v) is 26.2. The van der Waals surface area contributed by atoms with Crippen LogP contribution in [0.3, 0.4) is 0 Å². The van der Waals surface area contributed by atoms with Crippen LogP contribution in [0.5, 0.6) is 5.75 Å². The Morgan fingerprint density at radius 2 is 1.59 bits per heavy atom. The molecule has 2 aromatic carbocycles. The number of nitrogens with one attached hydrogen (secondary N) is 2. The van der Waals surface area contributed by atoms with Gasteiger partial charge in [-0.15, -0.1) is 0 Å². The molecule has 12 heteroatoms. The first kappa shape index (κ1) is 32.2. The monoisotopic (exact) mass is 626 g/mol. The Hall–Kier alpha value is -5.23. The van der Waals surface area contributed by atoms with Gasteiger partial charge in [-0.1, -0.05) is 12.1 Å². The lowest BCUT2D eigenvalue weighted by Crippen LogP contribution is -2.49. The highest BCUT2D eigenvalue weighted by atomic mass is 16.6. The van der Waals surface area contributed by atoms with Crippen LogP contribution in [0.2, 0.25) is 0 Å². The van der Waals surface area contributed by atoms with Crippen LogP contribution in [0.4, 0.5) is 11.6 Å². The number of amides is 2. The number of nitrogens with zero attached hydrogens (tertiary/aromatic N) is 4. The van der Waals surface area contributed by atoms with Crippen LogP contribution >= 0.6 is 0 Å². The van der Waals surface area contributed by atoms with E-state index >= 15 is 0 Å². The van der Waals surface area contributed by atoms with Crippen molar-refractivity contribution in [1.82, 2.24) is 25.1 Å². The Labute approximate surface area is 267 Å². The van der Waals surface area contributed by atoms with E-state index in [0.717, 1.165) is 42.2 Å². The van der Waals surface area contributed by atoms with E-state index in [2.05, 4.69) is 25.5 Å². The van der Waals surface area contributed by atoms with E-state index < -0.39 is 11.6 Å². The minimum Gasteiger partial charge on any atom is -0.492 e. The molecule has 3 heterocycles. The number of ether oxygens (including phenoxy) is 2. The fourth-order valence-corrected chi connectivity index (χ4v) is 4.77. The SMILES string of the molecule is CC(C)(C)OC(=O)CNC(=O)c1ccc(-c2cnc(Nc3ccc(OCCN4CCN(C(=O)c5ccco5)CC4)cc3)nc2)cc1. The Balaban J connectivity index is 1.03. The van der Waals surface area contributed by atoms with Crippen LogP contribution in [0.25, 0.3) is 11.1 Å². The number of piperazine rings is 1. The van der Waals surface area contributed by atoms with Gasteiger partial charge in [0, 0.05) is 61.9 Å². The predicted molar refractivity (Wildman–Crippen MR) is 172 cm³/mol. The molecular weight excluding hydrogens is 588 g/mol. The van der Waals surface area contributed by atoms with Gasteiger partial charge in [-0.3, -0.25) is 19.3 Å². The third-order valence-corrected chi connectivity index (χ3v) is 7.12. The number of carbonyl (C=O) groups is 3. The summed E-state index contributed by atoms with van der Waals surface area (Å²) < 4.78 is 16.4. The van der Waals surface area contributed by atoms with Gasteiger partial charge in [0.2, 0.25) is 5.95 Å². The van der Waals surface area contributed by atoms with E-state index in [4.69, 9.17) is 13.9 Å². The summed E-state index contributed by atoms with van der Waals surface area (Å²) >= 11 is 0. The summed E-state index contributed by atoms with van der Waals surface area (Å²) in [5.41, 5.74) is 2.28. The summed E-state index contributed by atoms with van der Waals surface area (Å²) in [6, 6.07) is 18.0. The number of hydrogen-bond donors (Lipinski definition) is 2. The number of hydrogen-bond acceptors (Lipinski definition) is 10. The second-order valence-corrected chi connectivity index (χ2v) is 11.8. The van der Waals surface area contributed by atoms with Gasteiger partial charge >= 0.3 is 5.97 Å². The van der Waals surface area contributed by atoms with Crippen LogP contribution in [0.15, 0.2) is 83.7 Å². The fourth-order valence-electron chi connectivity index (χ4n) is 4.77. The molecule has 2 N–H and O–H groups in total. The molecular formula is C34H38N6O6. The van der Waals surface area contributed by atoms with E-state index in [1.54, 1.807) is 69.6 Å². The largest absolute Gasteiger partial charge is 0.492 e. The molecule has 46 heavy (non-hydrogen) atoms. The van der Waals surface area contributed by atoms with E-state index in [-0.39, 0.29) is 18.4 Å². The second kappa shape index (κ2) is 14.7. The normalized spacial score (nSPS) is 13.6. The molecule has 240 valence electrons. The molecule has 0 aliphatic carbocycles. The first-order valence-electron chi connectivity index (χ1n) is 15.1. The van der Waals surface area contributed by atoms with E-state index in [0.29, 0.717) is 37.0 Å². The van der Waals surface area contributed by atoms with Crippen LogP contribution < -0.4 is 15.4 Å². The lowest BCUT2D eigenvalue weighted by atomic mass is 10.1. The maximum Gasteiger partial charge on any atom is 0.325 e. The minimum atomic E-state index is -0.609. The first-order valence-corrected chi connectivity index (χ1v) is 15.1. The minimum absolute atomic E-state index is 0.0662. The molecule has 1 saturated heterocycles. The molecule has 0 bridgehead atoms. The molecule has 12 nitrogen and oxygen atoms in total. The molecule has 0 radical (unpaired) electrons. The smallest absolute Gasteiger partial charge is 0.325 e. The number of aromatic nitrogens is 2. The van der Waals surface area contributed by atoms with Gasteiger partial charge in [-0.25, -0.2) is 9.97 Å². The lowest BCUT2D eigenvalue weighted by molar-refractivity contribution is -0.153. The maximum absolute atomic E-state index is 12.4. The number of benzene rings is 2. The van der Waals surface area contributed by atoms with Crippen molar-refractivity contribution in [2.24, 2.45) is 0 Å². The molecule has 5 rings (SSSR count). The number of carbonyl (C=O) groups excluding carboxylic acids is 3. The highest BCUT2D eigenvalue weighted by Crippen LogP contribution is 2.22. The fraction of sp³-hybridized carbons (Fsp3) is 0.324. The molecule has 0 unspecified atom stereocenters. The first-order chi connectivity index (χ1) is 22.1. The van der Waals surface area contributed by atoms with Crippen molar-refractivity contribution in [3.05, 3.63) is 90.6 Å².